The Hall–Kier alpha value is -4.10. The minimum Gasteiger partial charge on any atom is -0.449 e. The molecule has 6 rings (SSSR count). The highest BCUT2D eigenvalue weighted by molar-refractivity contribution is 7.85. The van der Waals surface area contributed by atoms with Crippen molar-refractivity contribution in [1.82, 2.24) is 0 Å². The van der Waals surface area contributed by atoms with Gasteiger partial charge < -0.3 is 18.0 Å². The van der Waals surface area contributed by atoms with Crippen molar-refractivity contribution in [2.45, 2.75) is 0 Å². The van der Waals surface area contributed by atoms with Crippen LogP contribution in [0.3, 0.4) is 0 Å². The van der Waals surface area contributed by atoms with E-state index in [0.717, 1.165) is 0 Å². The largest absolute Gasteiger partial charge is 0.449 e. The molecule has 0 aliphatic carbocycles. The summed E-state index contributed by atoms with van der Waals surface area (Å²) < 4.78 is 41.7. The van der Waals surface area contributed by atoms with Gasteiger partial charge in [0.05, 0.1) is 0 Å². The average molecular weight is 534 g/mol. The highest BCUT2D eigenvalue weighted by atomic mass is 31.2. The highest BCUT2D eigenvalue weighted by Gasteiger charge is 2.35. The molecule has 6 heteroatoms. The van der Waals surface area contributed by atoms with Crippen LogP contribution in [0.15, 0.2) is 154 Å². The zero-order valence-corrected chi connectivity index (χ0v) is 22.2. The SMILES string of the molecule is O=P(c1ccccc1)(c1ccccc1)c1ccc(-c2ccc(P(=O)(c3ccccc3)c3ccccc3)o2)o1. The van der Waals surface area contributed by atoms with Gasteiger partial charge in [0.1, 0.15) is 0 Å². The van der Waals surface area contributed by atoms with E-state index in [1.165, 1.54) is 0 Å². The zero-order valence-electron chi connectivity index (χ0n) is 20.4. The van der Waals surface area contributed by atoms with Gasteiger partial charge in [-0.2, -0.15) is 0 Å². The standard InChI is InChI=1S/C32H24O4P2/c33-37(25-13-5-1-6-14-25,26-15-7-2-8-16-26)31-23-21-29(35-31)30-22-24-32(36-30)38(34,27-17-9-3-10-18-27)28-19-11-4-12-20-28/h1-24H. The Morgan fingerprint density at radius 3 is 0.868 bits per heavy atom. The maximum atomic E-state index is 14.6. The van der Waals surface area contributed by atoms with Gasteiger partial charge in [0.2, 0.25) is 14.3 Å². The predicted molar refractivity (Wildman–Crippen MR) is 155 cm³/mol. The first-order valence-corrected chi connectivity index (χ1v) is 15.7. The molecule has 4 nitrogen and oxygen atoms in total. The van der Waals surface area contributed by atoms with E-state index in [0.29, 0.717) is 43.7 Å². The summed E-state index contributed by atoms with van der Waals surface area (Å²) in [4.78, 5) is 0. The first kappa shape index (κ1) is 24.2. The number of hydrogen-bond acceptors (Lipinski definition) is 4. The fraction of sp³-hybridized carbons (Fsp3) is 0. The van der Waals surface area contributed by atoms with Crippen molar-refractivity contribution in [3.63, 3.8) is 0 Å². The van der Waals surface area contributed by atoms with Crippen molar-refractivity contribution in [3.05, 3.63) is 146 Å². The molecule has 0 amide bonds. The minimum atomic E-state index is -3.26. The smallest absolute Gasteiger partial charge is 0.204 e. The van der Waals surface area contributed by atoms with Crippen molar-refractivity contribution in [2.24, 2.45) is 0 Å². The van der Waals surface area contributed by atoms with Crippen LogP contribution in [-0.2, 0) is 9.13 Å². The second kappa shape index (κ2) is 9.99. The van der Waals surface area contributed by atoms with Gasteiger partial charge in [-0.05, 0) is 24.3 Å². The Kier molecular flexibility index (Phi) is 6.37. The van der Waals surface area contributed by atoms with Gasteiger partial charge >= 0.3 is 0 Å². The lowest BCUT2D eigenvalue weighted by atomic mass is 10.3. The van der Waals surface area contributed by atoms with Crippen molar-refractivity contribution in [3.8, 4) is 11.5 Å². The molecule has 0 spiro atoms. The molecule has 0 aliphatic heterocycles. The lowest BCUT2D eigenvalue weighted by Gasteiger charge is -2.17. The summed E-state index contributed by atoms with van der Waals surface area (Å²) >= 11 is 0. The molecule has 0 bridgehead atoms. The van der Waals surface area contributed by atoms with Crippen LogP contribution in [0, 0.1) is 0 Å². The molecular weight excluding hydrogens is 510 g/mol. The maximum absolute atomic E-state index is 14.6. The van der Waals surface area contributed by atoms with Crippen LogP contribution in [0.25, 0.3) is 11.5 Å². The monoisotopic (exact) mass is 534 g/mol. The van der Waals surface area contributed by atoms with E-state index in [2.05, 4.69) is 0 Å². The molecule has 0 unspecified atom stereocenters. The van der Waals surface area contributed by atoms with Gasteiger partial charge in [-0.1, -0.05) is 121 Å². The molecule has 0 fully saturated rings. The first-order valence-electron chi connectivity index (χ1n) is 12.2. The van der Waals surface area contributed by atoms with Gasteiger partial charge in [-0.3, -0.25) is 0 Å². The number of benzene rings is 4. The quantitative estimate of drug-likeness (QED) is 0.242. The highest BCUT2D eigenvalue weighted by Crippen LogP contribution is 2.45. The van der Waals surface area contributed by atoms with Crippen LogP contribution in [0.4, 0.5) is 0 Å². The minimum absolute atomic E-state index is 0.358. The van der Waals surface area contributed by atoms with Gasteiger partial charge in [0, 0.05) is 21.2 Å². The molecule has 38 heavy (non-hydrogen) atoms. The summed E-state index contributed by atoms with van der Waals surface area (Å²) in [5.74, 6) is 0.844. The number of furan rings is 2. The van der Waals surface area contributed by atoms with E-state index in [4.69, 9.17) is 8.83 Å². The number of rotatable bonds is 7. The van der Waals surface area contributed by atoms with Gasteiger partial charge in [0.15, 0.2) is 22.5 Å². The van der Waals surface area contributed by atoms with Crippen LogP contribution < -0.4 is 32.2 Å². The predicted octanol–water partition coefficient (Wildman–Crippen LogP) is 5.82. The third-order valence-electron chi connectivity index (χ3n) is 6.53. The molecule has 0 saturated carbocycles. The second-order valence-electron chi connectivity index (χ2n) is 8.84. The summed E-state index contributed by atoms with van der Waals surface area (Å²) in [6, 6.07) is 44.4. The third kappa shape index (κ3) is 4.13. The van der Waals surface area contributed by atoms with Gasteiger partial charge in [0.25, 0.3) is 0 Å². The van der Waals surface area contributed by atoms with E-state index in [1.807, 2.05) is 121 Å². The molecule has 0 N–H and O–H groups in total. The molecule has 4 aromatic carbocycles. The molecule has 0 radical (unpaired) electrons. The van der Waals surface area contributed by atoms with E-state index in [-0.39, 0.29) is 0 Å². The summed E-state index contributed by atoms with van der Waals surface area (Å²) in [7, 11) is -6.52. The Balaban J connectivity index is 1.44. The fourth-order valence-electron chi connectivity index (χ4n) is 4.62. The summed E-state index contributed by atoms with van der Waals surface area (Å²) in [6.45, 7) is 0. The van der Waals surface area contributed by atoms with Crippen molar-refractivity contribution >= 4 is 46.5 Å². The molecule has 0 aliphatic rings. The van der Waals surface area contributed by atoms with Crippen LogP contribution in [0.2, 0.25) is 0 Å². The summed E-state index contributed by atoms with van der Waals surface area (Å²) in [6.07, 6.45) is 0. The Morgan fingerprint density at radius 2 is 0.605 bits per heavy atom. The maximum Gasteiger partial charge on any atom is 0.204 e. The molecule has 2 aromatic heterocycles. The van der Waals surface area contributed by atoms with Gasteiger partial charge in [-0.25, -0.2) is 0 Å². The first-order chi connectivity index (χ1) is 18.6. The van der Waals surface area contributed by atoms with Gasteiger partial charge in [-0.15, -0.1) is 0 Å². The van der Waals surface area contributed by atoms with Crippen molar-refractivity contribution in [2.75, 3.05) is 0 Å². The molecule has 2 heterocycles. The Morgan fingerprint density at radius 1 is 0.342 bits per heavy atom. The van der Waals surface area contributed by atoms with Crippen LogP contribution in [0.1, 0.15) is 0 Å². The summed E-state index contributed by atoms with van der Waals surface area (Å²) in [5, 5.41) is 2.74. The molecular formula is C32H24O4P2. The van der Waals surface area contributed by atoms with Crippen LogP contribution >= 0.6 is 14.3 Å². The third-order valence-corrected chi connectivity index (χ3v) is 12.3. The Labute approximate surface area is 221 Å². The van der Waals surface area contributed by atoms with Crippen LogP contribution in [-0.4, -0.2) is 0 Å². The lowest BCUT2D eigenvalue weighted by Crippen LogP contribution is -2.24. The molecule has 0 atom stereocenters. The van der Waals surface area contributed by atoms with E-state index < -0.39 is 14.3 Å². The van der Waals surface area contributed by atoms with E-state index >= 15 is 0 Å². The second-order valence-corrected chi connectivity index (χ2v) is 14.2. The molecule has 186 valence electrons. The van der Waals surface area contributed by atoms with Crippen LogP contribution in [0.5, 0.6) is 0 Å². The molecule has 0 saturated heterocycles. The molecule has 6 aromatic rings. The zero-order chi connectivity index (χ0) is 26.0. The fourth-order valence-corrected chi connectivity index (χ4v) is 9.62. The van der Waals surface area contributed by atoms with Crippen molar-refractivity contribution < 1.29 is 18.0 Å². The van der Waals surface area contributed by atoms with E-state index in [9.17, 15) is 9.13 Å². The topological polar surface area (TPSA) is 60.4 Å². The average Bonchev–Trinajstić information content (AvgIpc) is 3.69. The summed E-state index contributed by atoms with van der Waals surface area (Å²) in [5.41, 5.74) is 0.717. The lowest BCUT2D eigenvalue weighted by molar-refractivity contribution is 0.541. The normalized spacial score (nSPS) is 11.9. The number of hydrogen-bond donors (Lipinski definition) is 0. The Bertz CT molecular complexity index is 1540. The van der Waals surface area contributed by atoms with Crippen molar-refractivity contribution in [1.29, 1.82) is 0 Å². The van der Waals surface area contributed by atoms with E-state index in [1.54, 1.807) is 24.3 Å².